The molecule has 26 heavy (non-hydrogen) atoms. The third-order valence-electron chi connectivity index (χ3n) is 4.57. The van der Waals surface area contributed by atoms with Crippen LogP contribution in [0, 0.1) is 0 Å². The zero-order chi connectivity index (χ0) is 17.9. The van der Waals surface area contributed by atoms with Gasteiger partial charge in [0.2, 0.25) is 0 Å². The third kappa shape index (κ3) is 3.49. The van der Waals surface area contributed by atoms with Crippen LogP contribution >= 0.6 is 15.9 Å². The van der Waals surface area contributed by atoms with E-state index in [1.807, 2.05) is 12.1 Å². The van der Waals surface area contributed by atoms with E-state index in [0.717, 1.165) is 36.2 Å². The number of carbonyl (C=O) groups excluding carboxylic acids is 1. The van der Waals surface area contributed by atoms with Crippen molar-refractivity contribution in [3.8, 4) is 11.5 Å². The van der Waals surface area contributed by atoms with Crippen molar-refractivity contribution < 1.29 is 14.3 Å². The Hall–Kier alpha value is -2.28. The molecule has 2 aliphatic rings. The summed E-state index contributed by atoms with van der Waals surface area (Å²) in [6, 6.07) is 7.21. The fourth-order valence-electron chi connectivity index (χ4n) is 3.28. The van der Waals surface area contributed by atoms with Crippen molar-refractivity contribution in [3.05, 3.63) is 40.5 Å². The Bertz CT molecular complexity index is 822. The summed E-state index contributed by atoms with van der Waals surface area (Å²) in [6.45, 7) is 2.90. The molecular formula is C19H20BrN3O3. The van der Waals surface area contributed by atoms with Gasteiger partial charge in [-0.15, -0.1) is 0 Å². The Morgan fingerprint density at radius 2 is 1.85 bits per heavy atom. The highest BCUT2D eigenvalue weighted by Crippen LogP contribution is 2.38. The molecule has 0 bridgehead atoms. The summed E-state index contributed by atoms with van der Waals surface area (Å²) in [5, 5.41) is 2.97. The van der Waals surface area contributed by atoms with Crippen LogP contribution in [0.3, 0.4) is 0 Å². The molecule has 1 N–H and O–H groups in total. The number of aromatic nitrogens is 1. The van der Waals surface area contributed by atoms with Gasteiger partial charge in [-0.25, -0.2) is 4.98 Å². The number of pyridine rings is 1. The summed E-state index contributed by atoms with van der Waals surface area (Å²) in [5.41, 5.74) is 1.23. The van der Waals surface area contributed by atoms with Gasteiger partial charge in [-0.2, -0.15) is 0 Å². The number of ether oxygens (including phenoxy) is 2. The molecule has 136 valence electrons. The highest BCUT2D eigenvalue weighted by atomic mass is 79.9. The molecule has 1 aromatic heterocycles. The first kappa shape index (κ1) is 17.1. The number of fused-ring (bicyclic) bond motifs is 1. The molecule has 0 atom stereocenters. The van der Waals surface area contributed by atoms with Gasteiger partial charge in [-0.05, 0) is 47.3 Å². The molecule has 1 fully saturated rings. The van der Waals surface area contributed by atoms with Crippen LogP contribution in [-0.2, 0) is 0 Å². The Balaban J connectivity index is 1.59. The lowest BCUT2D eigenvalue weighted by atomic mass is 10.1. The van der Waals surface area contributed by atoms with Gasteiger partial charge in [0.05, 0.1) is 11.3 Å². The van der Waals surface area contributed by atoms with Crippen LogP contribution in [0.4, 0.5) is 11.5 Å². The lowest BCUT2D eigenvalue weighted by Crippen LogP contribution is -2.32. The quantitative estimate of drug-likeness (QED) is 0.821. The number of anilines is 2. The lowest BCUT2D eigenvalue weighted by molar-refractivity contribution is 0.102. The van der Waals surface area contributed by atoms with Gasteiger partial charge in [-0.3, -0.25) is 4.79 Å². The van der Waals surface area contributed by atoms with Crippen molar-refractivity contribution in [2.45, 2.75) is 19.3 Å². The summed E-state index contributed by atoms with van der Waals surface area (Å²) < 4.78 is 11.9. The third-order valence-corrected chi connectivity index (χ3v) is 5.22. The van der Waals surface area contributed by atoms with Crippen LogP contribution in [-0.4, -0.2) is 37.2 Å². The highest BCUT2D eigenvalue weighted by Gasteiger charge is 2.21. The predicted octanol–water partition coefficient (Wildman–Crippen LogP) is 3.86. The first-order valence-corrected chi connectivity index (χ1v) is 9.62. The number of piperidine rings is 1. The molecule has 0 spiro atoms. The van der Waals surface area contributed by atoms with Crippen molar-refractivity contribution in [2.75, 3.05) is 36.5 Å². The van der Waals surface area contributed by atoms with E-state index in [0.29, 0.717) is 36.0 Å². The van der Waals surface area contributed by atoms with Crippen molar-refractivity contribution >= 4 is 33.3 Å². The molecule has 1 aromatic carbocycles. The van der Waals surface area contributed by atoms with E-state index in [1.54, 1.807) is 18.3 Å². The van der Waals surface area contributed by atoms with E-state index in [-0.39, 0.29) is 5.91 Å². The van der Waals surface area contributed by atoms with Crippen molar-refractivity contribution in [3.63, 3.8) is 0 Å². The molecule has 0 radical (unpaired) electrons. The van der Waals surface area contributed by atoms with Gasteiger partial charge in [-0.1, -0.05) is 0 Å². The summed E-state index contributed by atoms with van der Waals surface area (Å²) >= 11 is 3.50. The average molecular weight is 418 g/mol. The number of hydrogen-bond donors (Lipinski definition) is 1. The van der Waals surface area contributed by atoms with Gasteiger partial charge >= 0.3 is 0 Å². The van der Waals surface area contributed by atoms with E-state index in [1.165, 1.54) is 6.42 Å². The van der Waals surface area contributed by atoms with Crippen molar-refractivity contribution in [2.24, 2.45) is 0 Å². The van der Waals surface area contributed by atoms with Crippen LogP contribution in [0.25, 0.3) is 0 Å². The second kappa shape index (κ2) is 7.53. The monoisotopic (exact) mass is 417 g/mol. The number of benzene rings is 1. The van der Waals surface area contributed by atoms with Crippen LogP contribution in [0.15, 0.2) is 34.9 Å². The minimum absolute atomic E-state index is 0.184. The fourth-order valence-corrected chi connectivity index (χ4v) is 3.70. The molecule has 0 unspecified atom stereocenters. The largest absolute Gasteiger partial charge is 0.486 e. The molecule has 0 saturated carbocycles. The standard InChI is InChI=1S/C19H20BrN3O3/c20-14-11-16-17(26-10-9-25-16)12-15(14)22-19(24)13-5-4-6-21-18(13)23-7-2-1-3-8-23/h4-6,11-12H,1-3,7-10H2,(H,22,24). The molecule has 1 saturated heterocycles. The summed E-state index contributed by atoms with van der Waals surface area (Å²) in [6.07, 6.45) is 5.23. The minimum Gasteiger partial charge on any atom is -0.486 e. The van der Waals surface area contributed by atoms with Crippen LogP contribution < -0.4 is 19.7 Å². The van der Waals surface area contributed by atoms with E-state index in [4.69, 9.17) is 9.47 Å². The van der Waals surface area contributed by atoms with Crippen LogP contribution in [0.1, 0.15) is 29.6 Å². The number of hydrogen-bond acceptors (Lipinski definition) is 5. The van der Waals surface area contributed by atoms with Crippen LogP contribution in [0.2, 0.25) is 0 Å². The summed E-state index contributed by atoms with van der Waals surface area (Å²) in [7, 11) is 0. The van der Waals surface area contributed by atoms with Crippen LogP contribution in [0.5, 0.6) is 11.5 Å². The maximum absolute atomic E-state index is 12.9. The van der Waals surface area contributed by atoms with E-state index in [9.17, 15) is 4.79 Å². The fraction of sp³-hybridized carbons (Fsp3) is 0.368. The van der Waals surface area contributed by atoms with E-state index >= 15 is 0 Å². The Morgan fingerprint density at radius 1 is 1.12 bits per heavy atom. The Labute approximate surface area is 160 Å². The molecule has 6 nitrogen and oxygen atoms in total. The zero-order valence-electron chi connectivity index (χ0n) is 14.3. The minimum atomic E-state index is -0.184. The Kier molecular flexibility index (Phi) is 4.97. The predicted molar refractivity (Wildman–Crippen MR) is 103 cm³/mol. The first-order chi connectivity index (χ1) is 12.7. The number of halogens is 1. The molecule has 2 aromatic rings. The van der Waals surface area contributed by atoms with Gasteiger partial charge in [0, 0.05) is 35.9 Å². The zero-order valence-corrected chi connectivity index (χ0v) is 15.9. The SMILES string of the molecule is O=C(Nc1cc2c(cc1Br)OCCO2)c1cccnc1N1CCCCC1. The number of nitrogens with one attached hydrogen (secondary N) is 1. The van der Waals surface area contributed by atoms with Gasteiger partial charge in [0.1, 0.15) is 19.0 Å². The molecular weight excluding hydrogens is 398 g/mol. The van der Waals surface area contributed by atoms with Crippen molar-refractivity contribution in [1.29, 1.82) is 0 Å². The topological polar surface area (TPSA) is 63.7 Å². The highest BCUT2D eigenvalue weighted by molar-refractivity contribution is 9.10. The number of amides is 1. The molecule has 0 aliphatic carbocycles. The molecule has 4 rings (SSSR count). The van der Waals surface area contributed by atoms with Gasteiger partial charge in [0.15, 0.2) is 11.5 Å². The first-order valence-electron chi connectivity index (χ1n) is 8.83. The van der Waals surface area contributed by atoms with E-state index < -0.39 is 0 Å². The summed E-state index contributed by atoms with van der Waals surface area (Å²) in [4.78, 5) is 19.6. The molecule has 2 aliphatic heterocycles. The average Bonchev–Trinajstić information content (AvgIpc) is 2.69. The second-order valence-corrected chi connectivity index (χ2v) is 7.21. The normalized spacial score (nSPS) is 16.3. The number of nitrogens with zero attached hydrogens (tertiary/aromatic N) is 2. The number of carbonyl (C=O) groups is 1. The molecule has 1 amide bonds. The van der Waals surface area contributed by atoms with E-state index in [2.05, 4.69) is 31.1 Å². The smallest absolute Gasteiger partial charge is 0.259 e. The second-order valence-electron chi connectivity index (χ2n) is 6.35. The maximum atomic E-state index is 12.9. The maximum Gasteiger partial charge on any atom is 0.259 e. The molecule has 7 heteroatoms. The number of rotatable bonds is 3. The molecule has 3 heterocycles. The van der Waals surface area contributed by atoms with Crippen molar-refractivity contribution in [1.82, 2.24) is 4.98 Å². The Morgan fingerprint density at radius 3 is 2.62 bits per heavy atom. The van der Waals surface area contributed by atoms with Gasteiger partial charge < -0.3 is 19.7 Å². The summed E-state index contributed by atoms with van der Waals surface area (Å²) in [5.74, 6) is 1.88. The lowest BCUT2D eigenvalue weighted by Gasteiger charge is -2.29. The van der Waals surface area contributed by atoms with Gasteiger partial charge in [0.25, 0.3) is 5.91 Å².